The van der Waals surface area contributed by atoms with E-state index in [1.165, 1.54) is 12.8 Å². The molecule has 0 saturated carbocycles. The van der Waals surface area contributed by atoms with E-state index >= 15 is 0 Å². The van der Waals surface area contributed by atoms with Gasteiger partial charge in [-0.2, -0.15) is 5.26 Å². The van der Waals surface area contributed by atoms with Crippen LogP contribution in [-0.4, -0.2) is 60.8 Å². The normalized spacial score (nSPS) is 32.9. The number of nitriles is 1. The number of rotatable bonds is 3. The maximum Gasteiger partial charge on any atom is 0.0703 e. The third-order valence-electron chi connectivity index (χ3n) is 4.76. The molecule has 0 aromatic carbocycles. The monoisotopic (exact) mass is 265 g/mol. The lowest BCUT2D eigenvalue weighted by atomic mass is 9.97. The predicted molar refractivity (Wildman–Crippen MR) is 75.9 cm³/mol. The van der Waals surface area contributed by atoms with Gasteiger partial charge in [-0.25, -0.2) is 0 Å². The minimum Gasteiger partial charge on any atom is -0.377 e. The van der Waals surface area contributed by atoms with Crippen LogP contribution < -0.4 is 0 Å². The van der Waals surface area contributed by atoms with Gasteiger partial charge in [0.25, 0.3) is 0 Å². The van der Waals surface area contributed by atoms with Gasteiger partial charge in [0, 0.05) is 31.3 Å². The summed E-state index contributed by atoms with van der Waals surface area (Å²) in [6, 6.07) is 2.69. The number of ether oxygens (including phenoxy) is 1. The number of hydrogen-bond donors (Lipinski definition) is 0. The van der Waals surface area contributed by atoms with Crippen molar-refractivity contribution in [2.45, 2.75) is 57.2 Å². The van der Waals surface area contributed by atoms with Crippen LogP contribution in [0.1, 0.15) is 39.5 Å². The number of likely N-dealkylation sites (N-methyl/N-ethyl adjacent to an activating group) is 1. The summed E-state index contributed by atoms with van der Waals surface area (Å²) in [5, 5.41) is 9.01. The quantitative estimate of drug-likeness (QED) is 0.781. The molecule has 0 aromatic rings. The molecule has 0 N–H and O–H groups in total. The van der Waals surface area contributed by atoms with Gasteiger partial charge in [-0.3, -0.25) is 4.90 Å². The van der Waals surface area contributed by atoms with Gasteiger partial charge in [0.15, 0.2) is 0 Å². The lowest BCUT2D eigenvalue weighted by Crippen LogP contribution is -2.49. The van der Waals surface area contributed by atoms with Crippen molar-refractivity contribution in [3.63, 3.8) is 0 Å². The maximum atomic E-state index is 9.01. The highest BCUT2D eigenvalue weighted by atomic mass is 16.5. The lowest BCUT2D eigenvalue weighted by Gasteiger charge is -2.39. The van der Waals surface area contributed by atoms with Crippen molar-refractivity contribution in [2.75, 3.05) is 33.3 Å². The summed E-state index contributed by atoms with van der Waals surface area (Å²) in [7, 11) is 2.15. The third kappa shape index (κ3) is 3.68. The summed E-state index contributed by atoms with van der Waals surface area (Å²) in [5.74, 6) is 0. The van der Waals surface area contributed by atoms with Crippen LogP contribution in [0.5, 0.6) is 0 Å². The van der Waals surface area contributed by atoms with Crippen molar-refractivity contribution in [3.05, 3.63) is 0 Å². The van der Waals surface area contributed by atoms with E-state index in [-0.39, 0.29) is 5.54 Å². The molecular formula is C15H27N3O. The molecule has 2 aliphatic heterocycles. The minimum atomic E-state index is 0.199. The van der Waals surface area contributed by atoms with E-state index in [9.17, 15) is 0 Å². The van der Waals surface area contributed by atoms with Gasteiger partial charge in [0.05, 0.1) is 18.6 Å². The summed E-state index contributed by atoms with van der Waals surface area (Å²) in [6.07, 6.45) is 4.55. The highest BCUT2D eigenvalue weighted by Crippen LogP contribution is 2.27. The van der Waals surface area contributed by atoms with Crippen LogP contribution in [0.2, 0.25) is 0 Å². The molecule has 2 rings (SSSR count). The fourth-order valence-corrected chi connectivity index (χ4v) is 3.11. The van der Waals surface area contributed by atoms with Crippen LogP contribution in [0.15, 0.2) is 0 Å². The van der Waals surface area contributed by atoms with Crippen LogP contribution in [0.3, 0.4) is 0 Å². The first-order chi connectivity index (χ1) is 9.03. The van der Waals surface area contributed by atoms with Gasteiger partial charge in [-0.05, 0) is 46.7 Å². The first kappa shape index (κ1) is 14.8. The first-order valence-electron chi connectivity index (χ1n) is 7.47. The molecule has 0 amide bonds. The minimum absolute atomic E-state index is 0.199. The fraction of sp³-hybridized carbons (Fsp3) is 0.933. The van der Waals surface area contributed by atoms with E-state index in [1.807, 2.05) is 0 Å². The second-order valence-corrected chi connectivity index (χ2v) is 6.60. The molecule has 2 unspecified atom stereocenters. The van der Waals surface area contributed by atoms with E-state index in [0.717, 1.165) is 32.7 Å². The molecule has 0 bridgehead atoms. The zero-order valence-corrected chi connectivity index (χ0v) is 12.6. The Morgan fingerprint density at radius 2 is 2.21 bits per heavy atom. The van der Waals surface area contributed by atoms with Crippen LogP contribution in [0.4, 0.5) is 0 Å². The van der Waals surface area contributed by atoms with E-state index < -0.39 is 0 Å². The third-order valence-corrected chi connectivity index (χ3v) is 4.76. The van der Waals surface area contributed by atoms with E-state index in [0.29, 0.717) is 18.6 Å². The molecule has 4 heteroatoms. The largest absolute Gasteiger partial charge is 0.377 e. The second kappa shape index (κ2) is 6.21. The van der Waals surface area contributed by atoms with Crippen molar-refractivity contribution in [2.24, 2.45) is 0 Å². The molecule has 2 atom stereocenters. The Bertz CT molecular complexity index is 331. The summed E-state index contributed by atoms with van der Waals surface area (Å²) in [6.45, 7) is 8.64. The second-order valence-electron chi connectivity index (χ2n) is 6.60. The predicted octanol–water partition coefficient (Wildman–Crippen LogP) is 1.86. The van der Waals surface area contributed by atoms with Gasteiger partial charge in [0.1, 0.15) is 0 Å². The highest BCUT2D eigenvalue weighted by Gasteiger charge is 2.35. The Morgan fingerprint density at radius 1 is 1.42 bits per heavy atom. The van der Waals surface area contributed by atoms with Crippen molar-refractivity contribution < 1.29 is 4.74 Å². The summed E-state index contributed by atoms with van der Waals surface area (Å²) in [5.41, 5.74) is 0.199. The molecular weight excluding hydrogens is 238 g/mol. The Hall–Kier alpha value is -0.630. The summed E-state index contributed by atoms with van der Waals surface area (Å²) < 4.78 is 5.79. The average Bonchev–Trinajstić information content (AvgIpc) is 2.83. The van der Waals surface area contributed by atoms with E-state index in [1.54, 1.807) is 0 Å². The molecule has 19 heavy (non-hydrogen) atoms. The molecule has 0 aromatic heterocycles. The SMILES string of the molecule is CN1CCC(C)(C)N(CC2CCCO2)CC1CC#N. The number of hydrogen-bond acceptors (Lipinski definition) is 4. The zero-order chi connectivity index (χ0) is 13.9. The summed E-state index contributed by atoms with van der Waals surface area (Å²) >= 11 is 0. The number of nitrogens with zero attached hydrogens (tertiary/aromatic N) is 3. The Labute approximate surface area is 117 Å². The average molecular weight is 265 g/mol. The smallest absolute Gasteiger partial charge is 0.0703 e. The van der Waals surface area contributed by atoms with Crippen LogP contribution >= 0.6 is 0 Å². The van der Waals surface area contributed by atoms with Crippen LogP contribution in [-0.2, 0) is 4.74 Å². The summed E-state index contributed by atoms with van der Waals surface area (Å²) in [4.78, 5) is 4.90. The van der Waals surface area contributed by atoms with Gasteiger partial charge in [-0.15, -0.1) is 0 Å². The molecule has 0 spiro atoms. The first-order valence-corrected chi connectivity index (χ1v) is 7.47. The van der Waals surface area contributed by atoms with Crippen molar-refractivity contribution in [3.8, 4) is 6.07 Å². The Balaban J connectivity index is 2.04. The van der Waals surface area contributed by atoms with Crippen LogP contribution in [0, 0.1) is 11.3 Å². The highest BCUT2D eigenvalue weighted by molar-refractivity contribution is 4.94. The van der Waals surface area contributed by atoms with Crippen molar-refractivity contribution >= 4 is 0 Å². The Kier molecular flexibility index (Phi) is 4.83. The molecule has 2 heterocycles. The van der Waals surface area contributed by atoms with E-state index in [2.05, 4.69) is 36.8 Å². The van der Waals surface area contributed by atoms with Crippen molar-refractivity contribution in [1.29, 1.82) is 5.26 Å². The molecule has 108 valence electrons. The molecule has 2 aliphatic rings. The van der Waals surface area contributed by atoms with Crippen LogP contribution in [0.25, 0.3) is 0 Å². The molecule has 4 nitrogen and oxygen atoms in total. The standard InChI is InChI=1S/C15H27N3O/c1-15(2)7-9-17(3)13(6-8-16)11-18(15)12-14-5-4-10-19-14/h13-14H,4-7,9-12H2,1-3H3. The zero-order valence-electron chi connectivity index (χ0n) is 12.6. The van der Waals surface area contributed by atoms with Gasteiger partial charge < -0.3 is 9.64 Å². The van der Waals surface area contributed by atoms with E-state index in [4.69, 9.17) is 10.00 Å². The molecule has 2 saturated heterocycles. The molecule has 2 fully saturated rings. The fourth-order valence-electron chi connectivity index (χ4n) is 3.11. The molecule has 0 radical (unpaired) electrons. The van der Waals surface area contributed by atoms with Crippen molar-refractivity contribution in [1.82, 2.24) is 9.80 Å². The lowest BCUT2D eigenvalue weighted by molar-refractivity contribution is 0.0300. The maximum absolute atomic E-state index is 9.01. The van der Waals surface area contributed by atoms with Gasteiger partial charge in [0.2, 0.25) is 0 Å². The Morgan fingerprint density at radius 3 is 2.84 bits per heavy atom. The van der Waals surface area contributed by atoms with Gasteiger partial charge >= 0.3 is 0 Å². The topological polar surface area (TPSA) is 39.5 Å². The van der Waals surface area contributed by atoms with Gasteiger partial charge in [-0.1, -0.05) is 0 Å². The molecule has 0 aliphatic carbocycles.